The van der Waals surface area contributed by atoms with Gasteiger partial charge < -0.3 is 14.4 Å². The van der Waals surface area contributed by atoms with Crippen molar-refractivity contribution in [2.24, 2.45) is 16.8 Å². The van der Waals surface area contributed by atoms with E-state index in [4.69, 9.17) is 9.47 Å². The molecule has 0 aromatic heterocycles. The average Bonchev–Trinajstić information content (AvgIpc) is 3.64. The second kappa shape index (κ2) is 40.5. The molecule has 1 aliphatic heterocycles. The zero-order valence-electron chi connectivity index (χ0n) is 39.3. The summed E-state index contributed by atoms with van der Waals surface area (Å²) in [5.74, 6) is 0.305. The molecule has 2 unspecified atom stereocenters. The zero-order chi connectivity index (χ0) is 42.2. The summed E-state index contributed by atoms with van der Waals surface area (Å²) >= 11 is 0. The van der Waals surface area contributed by atoms with Gasteiger partial charge in [-0.2, -0.15) is 0 Å². The predicted molar refractivity (Wildman–Crippen MR) is 251 cm³/mol. The van der Waals surface area contributed by atoms with E-state index in [1.165, 1.54) is 134 Å². The number of rotatable bonds is 43. The molecule has 0 radical (unpaired) electrons. The quantitative estimate of drug-likeness (QED) is 0.0453. The molecule has 58 heavy (non-hydrogen) atoms. The molecule has 0 N–H and O–H groups in total. The summed E-state index contributed by atoms with van der Waals surface area (Å²) in [6.45, 7) is 15.5. The van der Waals surface area contributed by atoms with Crippen molar-refractivity contribution in [3.63, 3.8) is 0 Å². The molecule has 0 aromatic carbocycles. The minimum atomic E-state index is 0.0615. The third-order valence-electron chi connectivity index (χ3n) is 12.3. The van der Waals surface area contributed by atoms with Crippen molar-refractivity contribution in [1.29, 1.82) is 0 Å². The van der Waals surface area contributed by atoms with E-state index in [0.29, 0.717) is 13.2 Å². The molecular weight excluding hydrogens is 717 g/mol. The van der Waals surface area contributed by atoms with Crippen molar-refractivity contribution >= 4 is 17.7 Å². The van der Waals surface area contributed by atoms with Crippen molar-refractivity contribution in [2.45, 2.75) is 247 Å². The van der Waals surface area contributed by atoms with E-state index in [9.17, 15) is 9.59 Å². The summed E-state index contributed by atoms with van der Waals surface area (Å²) in [7, 11) is 0. The number of carbonyl (C=O) groups is 2. The Labute approximate surface area is 360 Å². The van der Waals surface area contributed by atoms with E-state index in [1.807, 2.05) is 6.20 Å². The number of allylic oxidation sites excluding steroid dienone is 2. The first-order chi connectivity index (χ1) is 28.5. The Morgan fingerprint density at radius 2 is 0.879 bits per heavy atom. The van der Waals surface area contributed by atoms with Crippen LogP contribution in [0.1, 0.15) is 247 Å². The Hall–Kier alpha value is -1.95. The molecular formula is C52H96N2O4. The third-order valence-corrected chi connectivity index (χ3v) is 12.3. The number of ether oxygens (including phenoxy) is 2. The maximum atomic E-state index is 13.1. The van der Waals surface area contributed by atoms with Gasteiger partial charge in [-0.3, -0.25) is 14.6 Å². The second-order valence-electron chi connectivity index (χ2n) is 17.7. The van der Waals surface area contributed by atoms with Crippen LogP contribution < -0.4 is 0 Å². The molecule has 1 rings (SSSR count). The van der Waals surface area contributed by atoms with Gasteiger partial charge >= 0.3 is 11.9 Å². The van der Waals surface area contributed by atoms with Crippen LogP contribution >= 0.6 is 0 Å². The van der Waals surface area contributed by atoms with Gasteiger partial charge in [0.15, 0.2) is 0 Å². The first-order valence-corrected chi connectivity index (χ1v) is 25.4. The third kappa shape index (κ3) is 31.0. The van der Waals surface area contributed by atoms with Crippen molar-refractivity contribution in [3.8, 4) is 0 Å². The summed E-state index contributed by atoms with van der Waals surface area (Å²) in [5, 5.41) is 0. The first kappa shape index (κ1) is 54.1. The lowest BCUT2D eigenvalue weighted by molar-refractivity contribution is -0.150. The van der Waals surface area contributed by atoms with Crippen LogP contribution in [-0.4, -0.2) is 55.4 Å². The highest BCUT2D eigenvalue weighted by molar-refractivity contribution is 6.02. The molecule has 6 nitrogen and oxygen atoms in total. The Kier molecular flexibility index (Phi) is 37.7. The largest absolute Gasteiger partial charge is 0.465 e. The van der Waals surface area contributed by atoms with Crippen molar-refractivity contribution in [2.75, 3.05) is 32.8 Å². The smallest absolute Gasteiger partial charge is 0.308 e. The minimum absolute atomic E-state index is 0.0615. The van der Waals surface area contributed by atoms with Crippen LogP contribution in [0.3, 0.4) is 0 Å². The summed E-state index contributed by atoms with van der Waals surface area (Å²) in [5.41, 5.74) is 2.37. The normalized spacial score (nSPS) is 14.4. The highest BCUT2D eigenvalue weighted by Gasteiger charge is 2.20. The number of hydrogen-bond acceptors (Lipinski definition) is 6. The van der Waals surface area contributed by atoms with Crippen LogP contribution in [0.4, 0.5) is 0 Å². The lowest BCUT2D eigenvalue weighted by Crippen LogP contribution is -2.27. The van der Waals surface area contributed by atoms with Gasteiger partial charge in [-0.1, -0.05) is 188 Å². The molecule has 0 saturated carbocycles. The molecule has 2 atom stereocenters. The molecule has 0 bridgehead atoms. The first-order valence-electron chi connectivity index (χ1n) is 25.4. The van der Waals surface area contributed by atoms with Gasteiger partial charge in [0, 0.05) is 18.5 Å². The molecule has 6 heteroatoms. The Bertz CT molecular complexity index is 994. The van der Waals surface area contributed by atoms with E-state index >= 15 is 0 Å². The van der Waals surface area contributed by atoms with Gasteiger partial charge in [0.1, 0.15) is 0 Å². The monoisotopic (exact) mass is 813 g/mol. The van der Waals surface area contributed by atoms with Crippen molar-refractivity contribution < 1.29 is 19.1 Å². The Morgan fingerprint density at radius 3 is 1.28 bits per heavy atom. The number of nitrogens with zero attached hydrogens (tertiary/aromatic N) is 2. The number of carbonyl (C=O) groups excluding carboxylic acids is 2. The van der Waals surface area contributed by atoms with E-state index in [2.05, 4.69) is 56.7 Å². The molecule has 0 amide bonds. The topological polar surface area (TPSA) is 68.2 Å². The average molecular weight is 813 g/mol. The minimum Gasteiger partial charge on any atom is -0.465 e. The number of esters is 2. The van der Waals surface area contributed by atoms with Crippen LogP contribution in [0, 0.1) is 11.8 Å². The van der Waals surface area contributed by atoms with Crippen LogP contribution in [0.25, 0.3) is 0 Å². The lowest BCUT2D eigenvalue weighted by Gasteiger charge is -2.22. The van der Waals surface area contributed by atoms with E-state index < -0.39 is 0 Å². The fourth-order valence-corrected chi connectivity index (χ4v) is 8.28. The van der Waals surface area contributed by atoms with Gasteiger partial charge in [-0.05, 0) is 89.4 Å². The van der Waals surface area contributed by atoms with Crippen molar-refractivity contribution in [3.05, 3.63) is 23.9 Å². The van der Waals surface area contributed by atoms with E-state index in [1.54, 1.807) is 0 Å². The van der Waals surface area contributed by atoms with Crippen LogP contribution in [0.15, 0.2) is 28.9 Å². The highest BCUT2D eigenvalue weighted by Crippen LogP contribution is 2.22. The summed E-state index contributed by atoms with van der Waals surface area (Å²) < 4.78 is 11.7. The molecule has 0 fully saturated rings. The highest BCUT2D eigenvalue weighted by atomic mass is 16.5. The SMILES string of the molecule is CCCCCCCCC(CCCCCC)C(=O)OCCCCCCN(CC/C=C1\C=CN=C1C)CCCCCCOC(=O)C(CCCCCC)CCCCCCCC. The number of aliphatic imine (C=N–C) groups is 1. The molecule has 338 valence electrons. The predicted octanol–water partition coefficient (Wildman–Crippen LogP) is 15.5. The lowest BCUT2D eigenvalue weighted by atomic mass is 9.94. The fraction of sp³-hybridized carbons (Fsp3) is 0.865. The van der Waals surface area contributed by atoms with E-state index in [-0.39, 0.29) is 23.8 Å². The molecule has 1 aliphatic rings. The molecule has 0 aliphatic carbocycles. The van der Waals surface area contributed by atoms with Crippen LogP contribution in [0.5, 0.6) is 0 Å². The fourth-order valence-electron chi connectivity index (χ4n) is 8.28. The van der Waals surface area contributed by atoms with Crippen LogP contribution in [0.2, 0.25) is 0 Å². The summed E-state index contributed by atoms with van der Waals surface area (Å²) in [6, 6.07) is 0. The zero-order valence-corrected chi connectivity index (χ0v) is 39.3. The maximum absolute atomic E-state index is 13.1. The summed E-state index contributed by atoms with van der Waals surface area (Å²) in [6.07, 6.45) is 45.2. The molecule has 0 spiro atoms. The Morgan fingerprint density at radius 1 is 0.517 bits per heavy atom. The number of unbranched alkanes of at least 4 members (excludes halogenated alkanes) is 22. The Balaban J connectivity index is 2.43. The number of hydrogen-bond donors (Lipinski definition) is 0. The van der Waals surface area contributed by atoms with Crippen molar-refractivity contribution in [1.82, 2.24) is 4.90 Å². The van der Waals surface area contributed by atoms with Crippen LogP contribution in [-0.2, 0) is 19.1 Å². The van der Waals surface area contributed by atoms with Gasteiger partial charge in [0.05, 0.1) is 25.0 Å². The van der Waals surface area contributed by atoms with Gasteiger partial charge in [0.2, 0.25) is 0 Å². The standard InChI is InChI=1S/C52H96N2O4/c1-6-10-14-18-20-28-37-49(35-26-16-12-8-3)51(55)57-45-32-24-22-30-42-54(44-34-39-48-40-41-53-47(48)5)43-31-23-25-33-46-58-52(56)50(36-27-17-13-9-4)38-29-21-19-15-11-7-2/h39-41,49-50H,6-38,42-46H2,1-5H3/b48-39+. The second-order valence-corrected chi connectivity index (χ2v) is 17.7. The van der Waals surface area contributed by atoms with Gasteiger partial charge in [-0.15, -0.1) is 0 Å². The van der Waals surface area contributed by atoms with Gasteiger partial charge in [0.25, 0.3) is 0 Å². The van der Waals surface area contributed by atoms with Gasteiger partial charge in [-0.25, -0.2) is 0 Å². The molecule has 0 saturated heterocycles. The molecule has 0 aromatic rings. The molecule has 1 heterocycles. The maximum Gasteiger partial charge on any atom is 0.308 e. The van der Waals surface area contributed by atoms with E-state index in [0.717, 1.165) is 109 Å². The summed E-state index contributed by atoms with van der Waals surface area (Å²) in [4.78, 5) is 33.2.